The van der Waals surface area contributed by atoms with Gasteiger partial charge in [0.1, 0.15) is 5.69 Å². The van der Waals surface area contributed by atoms with E-state index in [0.29, 0.717) is 55.9 Å². The second-order valence-corrected chi connectivity index (χ2v) is 8.89. The van der Waals surface area contributed by atoms with Gasteiger partial charge in [-0.1, -0.05) is 36.4 Å². The molecule has 7 heteroatoms. The Balaban J connectivity index is 1.50. The lowest BCUT2D eigenvalue weighted by atomic mass is 10.2. The molecule has 2 aromatic heterocycles. The topological polar surface area (TPSA) is 65.8 Å². The molecule has 5 rings (SSSR count). The van der Waals surface area contributed by atoms with Crippen molar-refractivity contribution in [3.8, 4) is 17.4 Å². The number of carbonyl (C=O) groups excluding carboxylic acids is 1. The van der Waals surface area contributed by atoms with Gasteiger partial charge in [-0.05, 0) is 49.6 Å². The van der Waals surface area contributed by atoms with Crippen molar-refractivity contribution in [3.05, 3.63) is 84.2 Å². The van der Waals surface area contributed by atoms with Gasteiger partial charge in [0.25, 0.3) is 5.91 Å². The summed E-state index contributed by atoms with van der Waals surface area (Å²) >= 11 is 0. The van der Waals surface area contributed by atoms with Crippen LogP contribution in [0.4, 0.5) is 0 Å². The van der Waals surface area contributed by atoms with Crippen LogP contribution in [-0.4, -0.2) is 47.2 Å². The van der Waals surface area contributed by atoms with Crippen LogP contribution in [0.1, 0.15) is 35.3 Å². The number of ether oxygens (including phenoxy) is 3. The largest absolute Gasteiger partial charge is 0.490 e. The van der Waals surface area contributed by atoms with Gasteiger partial charge in [-0.15, -0.1) is 0 Å². The van der Waals surface area contributed by atoms with E-state index in [1.807, 2.05) is 71.6 Å². The lowest BCUT2D eigenvalue weighted by Gasteiger charge is -2.24. The van der Waals surface area contributed by atoms with E-state index in [9.17, 15) is 4.79 Å². The molecular weight excluding hydrogens is 454 g/mol. The molecule has 0 bridgehead atoms. The van der Waals surface area contributed by atoms with E-state index in [1.54, 1.807) is 13.3 Å². The second kappa shape index (κ2) is 11.3. The first-order valence-electron chi connectivity index (χ1n) is 12.4. The summed E-state index contributed by atoms with van der Waals surface area (Å²) in [5.41, 5.74) is 2.54. The first-order chi connectivity index (χ1) is 17.7. The number of hydrogen-bond acceptors (Lipinski definition) is 5. The number of rotatable bonds is 4. The minimum absolute atomic E-state index is 0.0105. The normalized spacial score (nSPS) is 14.4. The smallest absolute Gasteiger partial charge is 0.270 e. The van der Waals surface area contributed by atoms with E-state index in [0.717, 1.165) is 35.7 Å². The number of nitrogens with zero attached hydrogens (tertiary/aromatic N) is 3. The van der Waals surface area contributed by atoms with Crippen LogP contribution in [0.3, 0.4) is 0 Å². The van der Waals surface area contributed by atoms with E-state index in [2.05, 4.69) is 9.55 Å². The molecule has 36 heavy (non-hydrogen) atoms. The molecule has 0 fully saturated rings. The van der Waals surface area contributed by atoms with Crippen molar-refractivity contribution in [2.75, 3.05) is 26.9 Å². The third kappa shape index (κ3) is 5.21. The van der Waals surface area contributed by atoms with Crippen LogP contribution < -0.4 is 9.47 Å². The summed E-state index contributed by atoms with van der Waals surface area (Å²) in [6, 6.07) is 21.5. The number of carbonyl (C=O) groups is 1. The van der Waals surface area contributed by atoms with Crippen LogP contribution in [0, 0.1) is 0 Å². The number of benzene rings is 2. The van der Waals surface area contributed by atoms with E-state index in [4.69, 9.17) is 14.2 Å². The third-order valence-corrected chi connectivity index (χ3v) is 6.43. The zero-order chi connectivity index (χ0) is 24.7. The maximum absolute atomic E-state index is 14.0. The van der Waals surface area contributed by atoms with Gasteiger partial charge < -0.3 is 23.7 Å². The average Bonchev–Trinajstić information content (AvgIpc) is 3.28. The van der Waals surface area contributed by atoms with Gasteiger partial charge >= 0.3 is 0 Å². The predicted molar refractivity (Wildman–Crippen MR) is 139 cm³/mol. The highest BCUT2D eigenvalue weighted by Crippen LogP contribution is 2.33. The molecule has 4 aromatic rings. The van der Waals surface area contributed by atoms with Crippen molar-refractivity contribution in [2.45, 2.75) is 32.4 Å². The third-order valence-electron chi connectivity index (χ3n) is 6.43. The first kappa shape index (κ1) is 23.9. The SMILES string of the molecule is COCCn1c(C(=O)N2CCCCCOc3ccccc3Oc3ncccc3C2)cc2ccccc21. The van der Waals surface area contributed by atoms with Crippen molar-refractivity contribution >= 4 is 16.8 Å². The predicted octanol–water partition coefficient (Wildman–Crippen LogP) is 5.68. The zero-order valence-electron chi connectivity index (χ0n) is 20.6. The Bertz CT molecular complexity index is 1330. The number of aromatic nitrogens is 2. The van der Waals surface area contributed by atoms with Gasteiger partial charge in [-0.25, -0.2) is 4.98 Å². The van der Waals surface area contributed by atoms with Gasteiger partial charge in [0.15, 0.2) is 11.5 Å². The maximum Gasteiger partial charge on any atom is 0.270 e. The molecule has 0 radical (unpaired) electrons. The van der Waals surface area contributed by atoms with E-state index in [-0.39, 0.29) is 5.91 Å². The lowest BCUT2D eigenvalue weighted by Crippen LogP contribution is -2.33. The fourth-order valence-corrected chi connectivity index (χ4v) is 4.59. The maximum atomic E-state index is 14.0. The van der Waals surface area contributed by atoms with E-state index < -0.39 is 0 Å². The summed E-state index contributed by atoms with van der Waals surface area (Å²) in [6.45, 7) is 2.75. The van der Waals surface area contributed by atoms with Crippen LogP contribution in [0.15, 0.2) is 72.9 Å². The Morgan fingerprint density at radius 3 is 2.72 bits per heavy atom. The number of methoxy groups -OCH3 is 1. The molecule has 0 saturated carbocycles. The van der Waals surface area contributed by atoms with Gasteiger partial charge in [-0.2, -0.15) is 0 Å². The summed E-state index contributed by atoms with van der Waals surface area (Å²) in [7, 11) is 1.68. The van der Waals surface area contributed by atoms with Crippen molar-refractivity contribution < 1.29 is 19.0 Å². The number of amides is 1. The second-order valence-electron chi connectivity index (χ2n) is 8.89. The molecule has 0 saturated heterocycles. The fraction of sp³-hybridized carbons (Fsp3) is 0.310. The standard InChI is InChI=1S/C29H31N3O4/c1-34-19-17-32-24-12-4-3-10-22(24)20-25(32)29(33)31-16-7-2-8-18-35-26-13-5-6-14-27(26)36-28-23(21-31)11-9-15-30-28/h3-6,9-15,20H,2,7-8,16-19,21H2,1H3. The summed E-state index contributed by atoms with van der Waals surface area (Å²) < 4.78 is 19.6. The molecule has 0 spiro atoms. The quantitative estimate of drug-likeness (QED) is 0.372. The Labute approximate surface area is 211 Å². The molecule has 3 heterocycles. The summed E-state index contributed by atoms with van der Waals surface area (Å²) in [4.78, 5) is 20.4. The molecule has 0 aliphatic carbocycles. The van der Waals surface area contributed by atoms with Crippen molar-refractivity contribution in [1.82, 2.24) is 14.5 Å². The molecule has 1 amide bonds. The molecule has 1 aliphatic heterocycles. The van der Waals surface area contributed by atoms with Crippen LogP contribution in [0.25, 0.3) is 10.9 Å². The molecule has 7 nitrogen and oxygen atoms in total. The highest BCUT2D eigenvalue weighted by molar-refractivity contribution is 5.98. The van der Waals surface area contributed by atoms with Gasteiger partial charge in [0, 0.05) is 42.9 Å². The first-order valence-corrected chi connectivity index (χ1v) is 12.4. The zero-order valence-corrected chi connectivity index (χ0v) is 20.6. The summed E-state index contributed by atoms with van der Waals surface area (Å²) in [6.07, 6.45) is 4.44. The summed E-state index contributed by atoms with van der Waals surface area (Å²) in [5, 5.41) is 1.04. The number of hydrogen-bond donors (Lipinski definition) is 0. The molecular formula is C29H31N3O4. The van der Waals surface area contributed by atoms with Gasteiger partial charge in [-0.3, -0.25) is 4.79 Å². The molecule has 2 aromatic carbocycles. The molecule has 1 aliphatic rings. The average molecular weight is 486 g/mol. The minimum Gasteiger partial charge on any atom is -0.490 e. The summed E-state index contributed by atoms with van der Waals surface area (Å²) in [5.74, 6) is 1.78. The Kier molecular flexibility index (Phi) is 7.47. The number of pyridine rings is 1. The van der Waals surface area contributed by atoms with Crippen LogP contribution in [0.2, 0.25) is 0 Å². The van der Waals surface area contributed by atoms with E-state index >= 15 is 0 Å². The molecule has 0 atom stereocenters. The van der Waals surface area contributed by atoms with Gasteiger partial charge in [0.05, 0.1) is 19.8 Å². The number of fused-ring (bicyclic) bond motifs is 3. The highest BCUT2D eigenvalue weighted by atomic mass is 16.5. The van der Waals surface area contributed by atoms with Gasteiger partial charge in [0.2, 0.25) is 5.88 Å². The molecule has 186 valence electrons. The van der Waals surface area contributed by atoms with Crippen LogP contribution >= 0.6 is 0 Å². The Morgan fingerprint density at radius 1 is 1.00 bits per heavy atom. The van der Waals surface area contributed by atoms with Crippen molar-refractivity contribution in [2.24, 2.45) is 0 Å². The fourth-order valence-electron chi connectivity index (χ4n) is 4.59. The van der Waals surface area contributed by atoms with E-state index in [1.165, 1.54) is 0 Å². The minimum atomic E-state index is -0.0105. The molecule has 0 N–H and O–H groups in total. The Morgan fingerprint density at radius 2 is 1.83 bits per heavy atom. The monoisotopic (exact) mass is 485 g/mol. The van der Waals surface area contributed by atoms with Crippen LogP contribution in [-0.2, 0) is 17.8 Å². The molecule has 0 unspecified atom stereocenters. The lowest BCUT2D eigenvalue weighted by molar-refractivity contribution is 0.0726. The van der Waals surface area contributed by atoms with Crippen LogP contribution in [0.5, 0.6) is 17.4 Å². The highest BCUT2D eigenvalue weighted by Gasteiger charge is 2.23. The Hall–Kier alpha value is -3.84. The van der Waals surface area contributed by atoms with Crippen molar-refractivity contribution in [3.63, 3.8) is 0 Å². The number of para-hydroxylation sites is 3. The van der Waals surface area contributed by atoms with Crippen molar-refractivity contribution in [1.29, 1.82) is 0 Å².